The molecule has 0 aliphatic carbocycles. The van der Waals surface area contributed by atoms with Gasteiger partial charge in [-0.25, -0.2) is 8.78 Å². The Kier molecular flexibility index (Phi) is 2.93. The fourth-order valence-corrected chi connectivity index (χ4v) is 1.95. The second-order valence-electron chi connectivity index (χ2n) is 3.98. The SMILES string of the molecule is [2H]N1C=CC(=C2C(CC)=CN([2H])C(CC)=C2F)C(F)=C1. The summed E-state index contributed by atoms with van der Waals surface area (Å²) in [7, 11) is 0. The highest BCUT2D eigenvalue weighted by atomic mass is 19.1. The maximum Gasteiger partial charge on any atom is 0.166 e. The van der Waals surface area contributed by atoms with E-state index in [-0.39, 0.29) is 16.8 Å². The van der Waals surface area contributed by atoms with Gasteiger partial charge < -0.3 is 10.6 Å². The van der Waals surface area contributed by atoms with Crippen molar-refractivity contribution in [1.29, 1.82) is 0 Å². The lowest BCUT2D eigenvalue weighted by molar-refractivity contribution is 0.600. The number of allylic oxidation sites excluding steroid dienone is 7. The van der Waals surface area contributed by atoms with Gasteiger partial charge in [-0.1, -0.05) is 13.8 Å². The second kappa shape index (κ2) is 5.21. The van der Waals surface area contributed by atoms with Gasteiger partial charge in [-0.3, -0.25) is 0 Å². The van der Waals surface area contributed by atoms with Crippen LogP contribution in [0.2, 0.25) is 2.82 Å². The van der Waals surface area contributed by atoms with E-state index in [9.17, 15) is 8.78 Å². The van der Waals surface area contributed by atoms with E-state index in [1.165, 1.54) is 18.5 Å². The average molecular weight is 252 g/mol. The van der Waals surface area contributed by atoms with Crippen molar-refractivity contribution in [3.63, 3.8) is 0 Å². The Labute approximate surface area is 108 Å². The molecule has 0 bridgehead atoms. The van der Waals surface area contributed by atoms with Gasteiger partial charge in [0.25, 0.3) is 0 Å². The van der Waals surface area contributed by atoms with Crippen molar-refractivity contribution in [2.75, 3.05) is 0 Å². The Hall–Kier alpha value is -1.84. The normalized spacial score (nSPS) is 26.0. The Bertz CT molecular complexity index is 574. The number of hydrogen-bond donors (Lipinski definition) is 2. The first kappa shape index (κ1) is 10.1. The van der Waals surface area contributed by atoms with Crippen LogP contribution < -0.4 is 10.6 Å². The zero-order chi connectivity index (χ0) is 14.9. The van der Waals surface area contributed by atoms with Crippen molar-refractivity contribution in [3.8, 4) is 0 Å². The summed E-state index contributed by atoms with van der Waals surface area (Å²) in [6.45, 7) is 3.58. The first-order chi connectivity index (χ1) is 9.49. The van der Waals surface area contributed by atoms with Crippen LogP contribution in [-0.4, -0.2) is 0 Å². The van der Waals surface area contributed by atoms with Crippen molar-refractivity contribution in [1.82, 2.24) is 10.6 Å². The van der Waals surface area contributed by atoms with E-state index in [2.05, 4.69) is 0 Å². The molecule has 18 heavy (non-hydrogen) atoms. The summed E-state index contributed by atoms with van der Waals surface area (Å²) in [5.74, 6) is -1.22. The third kappa shape index (κ3) is 2.10. The smallest absolute Gasteiger partial charge is 0.166 e. The quantitative estimate of drug-likeness (QED) is 0.783. The summed E-state index contributed by atoms with van der Waals surface area (Å²) >= 11 is 0. The maximum absolute atomic E-state index is 14.6. The van der Waals surface area contributed by atoms with Crippen LogP contribution in [0, 0.1) is 0 Å². The van der Waals surface area contributed by atoms with Crippen molar-refractivity contribution >= 4 is 0 Å². The summed E-state index contributed by atoms with van der Waals surface area (Å²) < 4.78 is 43.7. The Balaban J connectivity index is 2.63. The molecule has 0 radical (unpaired) electrons. The molecule has 2 aliphatic rings. The molecule has 2 N–H and O–H groups in total. The molecular formula is C14H16F2N2. The van der Waals surface area contributed by atoms with Crippen LogP contribution in [-0.2, 0) is 0 Å². The summed E-state index contributed by atoms with van der Waals surface area (Å²) in [6, 6.07) is 0. The molecule has 0 atom stereocenters. The molecule has 0 saturated carbocycles. The van der Waals surface area contributed by atoms with Gasteiger partial charge in [-0.05, 0) is 24.5 Å². The topological polar surface area (TPSA) is 24.1 Å². The molecule has 0 aromatic carbocycles. The first-order valence-electron chi connectivity index (χ1n) is 6.84. The third-order valence-electron chi connectivity index (χ3n) is 2.93. The lowest BCUT2D eigenvalue weighted by Gasteiger charge is -2.22. The molecule has 2 heterocycles. The highest BCUT2D eigenvalue weighted by molar-refractivity contribution is 5.59. The highest BCUT2D eigenvalue weighted by Gasteiger charge is 2.23. The Morgan fingerprint density at radius 1 is 1.22 bits per heavy atom. The van der Waals surface area contributed by atoms with Gasteiger partial charge in [0.1, 0.15) is 5.83 Å². The van der Waals surface area contributed by atoms with Crippen LogP contribution in [0.1, 0.15) is 26.7 Å². The van der Waals surface area contributed by atoms with Gasteiger partial charge in [-0.15, -0.1) is 0 Å². The highest BCUT2D eigenvalue weighted by Crippen LogP contribution is 2.35. The van der Waals surface area contributed by atoms with Crippen LogP contribution in [0.3, 0.4) is 0 Å². The Morgan fingerprint density at radius 2 is 2.00 bits per heavy atom. The van der Waals surface area contributed by atoms with Gasteiger partial charge >= 0.3 is 0 Å². The Morgan fingerprint density at radius 3 is 2.61 bits per heavy atom. The third-order valence-corrected chi connectivity index (χ3v) is 2.93. The van der Waals surface area contributed by atoms with Gasteiger partial charge in [-0.2, -0.15) is 0 Å². The minimum Gasteiger partial charge on any atom is -0.365 e. The summed E-state index contributed by atoms with van der Waals surface area (Å²) in [5, 5.41) is 1.83. The molecule has 96 valence electrons. The average Bonchev–Trinajstić information content (AvgIpc) is 2.40. The molecule has 0 aromatic heterocycles. The molecule has 0 unspecified atom stereocenters. The van der Waals surface area contributed by atoms with E-state index in [4.69, 9.17) is 2.82 Å². The van der Waals surface area contributed by atoms with Crippen LogP contribution in [0.5, 0.6) is 0 Å². The van der Waals surface area contributed by atoms with Gasteiger partial charge in [0.15, 0.2) is 8.65 Å². The molecule has 0 aromatic rings. The van der Waals surface area contributed by atoms with Crippen molar-refractivity contribution in [2.24, 2.45) is 0 Å². The fourth-order valence-electron chi connectivity index (χ4n) is 1.95. The van der Waals surface area contributed by atoms with Crippen LogP contribution in [0.25, 0.3) is 0 Å². The molecule has 4 heteroatoms. The van der Waals surface area contributed by atoms with Crippen LogP contribution in [0.4, 0.5) is 8.78 Å². The minimum absolute atomic E-state index is 0.123. The van der Waals surface area contributed by atoms with E-state index in [1.807, 2.05) is 6.92 Å². The maximum atomic E-state index is 14.6. The van der Waals surface area contributed by atoms with Crippen LogP contribution in [0.15, 0.2) is 58.7 Å². The second-order valence-corrected chi connectivity index (χ2v) is 3.98. The van der Waals surface area contributed by atoms with E-state index >= 15 is 0 Å². The number of rotatable bonds is 2. The zero-order valence-corrected chi connectivity index (χ0v) is 10.4. The summed E-state index contributed by atoms with van der Waals surface area (Å²) in [6.07, 6.45) is 6.07. The first-order valence-corrected chi connectivity index (χ1v) is 5.95. The van der Waals surface area contributed by atoms with Crippen molar-refractivity contribution < 1.29 is 11.6 Å². The number of hydrogen-bond acceptors (Lipinski definition) is 2. The molecule has 2 rings (SSSR count). The van der Waals surface area contributed by atoms with Gasteiger partial charge in [0.2, 0.25) is 0 Å². The molecule has 0 amide bonds. The largest absolute Gasteiger partial charge is 0.365 e. The molecular weight excluding hydrogens is 234 g/mol. The van der Waals surface area contributed by atoms with Gasteiger partial charge in [0, 0.05) is 29.7 Å². The summed E-state index contributed by atoms with van der Waals surface area (Å²) in [5.41, 5.74) is 1.08. The standard InChI is InChI=1S/C14H16F2N2/c1-3-9-7-18-12(4-2)14(16)13(9)10-5-6-17-8-11(10)15/h5-8,17-18H,3-4H2,1-2H3/i/hD2. The monoisotopic (exact) mass is 252 g/mol. The lowest BCUT2D eigenvalue weighted by Crippen LogP contribution is -2.16. The van der Waals surface area contributed by atoms with Gasteiger partial charge in [0.05, 0.1) is 5.70 Å². The zero-order valence-electron chi connectivity index (χ0n) is 12.4. The minimum atomic E-state index is -0.652. The predicted molar refractivity (Wildman–Crippen MR) is 68.4 cm³/mol. The van der Waals surface area contributed by atoms with Crippen molar-refractivity contribution in [3.05, 3.63) is 58.7 Å². The van der Waals surface area contributed by atoms with E-state index in [0.717, 1.165) is 16.8 Å². The van der Waals surface area contributed by atoms with E-state index in [1.54, 1.807) is 6.92 Å². The van der Waals surface area contributed by atoms with Crippen molar-refractivity contribution in [2.45, 2.75) is 26.7 Å². The van der Waals surface area contributed by atoms with E-state index in [0.29, 0.717) is 18.4 Å². The summed E-state index contributed by atoms with van der Waals surface area (Å²) in [4.78, 5) is 0. The molecule has 0 fully saturated rings. The molecule has 2 nitrogen and oxygen atoms in total. The lowest BCUT2D eigenvalue weighted by atomic mass is 9.92. The molecule has 2 aliphatic heterocycles. The van der Waals surface area contributed by atoms with Crippen LogP contribution >= 0.6 is 0 Å². The van der Waals surface area contributed by atoms with E-state index < -0.39 is 11.7 Å². The number of nitrogens with one attached hydrogen (secondary N) is 2. The fraction of sp³-hybridized carbons (Fsp3) is 0.286. The molecule has 0 spiro atoms. The molecule has 0 saturated heterocycles. The predicted octanol–water partition coefficient (Wildman–Crippen LogP) is 3.70. The number of dihydropyridines is 2. The number of halogens is 2.